The van der Waals surface area contributed by atoms with Crippen LogP contribution in [0.25, 0.3) is 6.08 Å². The zero-order valence-electron chi connectivity index (χ0n) is 13.7. The van der Waals surface area contributed by atoms with E-state index in [1.807, 2.05) is 73.7 Å². The Morgan fingerprint density at radius 1 is 1.17 bits per heavy atom. The molecule has 0 aromatic heterocycles. The Morgan fingerprint density at radius 2 is 1.88 bits per heavy atom. The van der Waals surface area contributed by atoms with Crippen LogP contribution >= 0.6 is 11.8 Å². The van der Waals surface area contributed by atoms with Crippen molar-refractivity contribution in [2.24, 2.45) is 0 Å². The minimum atomic E-state index is -0.802. The van der Waals surface area contributed by atoms with Gasteiger partial charge in [0.05, 0.1) is 6.61 Å². The third-order valence-corrected chi connectivity index (χ3v) is 4.69. The Balaban J connectivity index is 1.72. The first-order valence-electron chi connectivity index (χ1n) is 7.90. The number of aliphatic carboxylic acids is 1. The topological polar surface area (TPSA) is 46.5 Å². The number of hydrogen-bond acceptors (Lipinski definition) is 3. The molecular weight excluding hydrogens is 320 g/mol. The van der Waals surface area contributed by atoms with Crippen LogP contribution in [-0.4, -0.2) is 29.5 Å². The van der Waals surface area contributed by atoms with Crippen LogP contribution in [0.4, 0.5) is 0 Å². The molecule has 0 spiro atoms. The minimum Gasteiger partial charge on any atom is -0.480 e. The fourth-order valence-corrected chi connectivity index (χ4v) is 3.04. The lowest BCUT2D eigenvalue weighted by Gasteiger charge is -2.12. The van der Waals surface area contributed by atoms with E-state index in [0.717, 1.165) is 10.5 Å². The van der Waals surface area contributed by atoms with Gasteiger partial charge in [-0.3, -0.25) is 4.79 Å². The van der Waals surface area contributed by atoms with Gasteiger partial charge in [0.15, 0.2) is 0 Å². The molecule has 0 radical (unpaired) electrons. The second kappa shape index (κ2) is 9.96. The van der Waals surface area contributed by atoms with Gasteiger partial charge in [0.2, 0.25) is 0 Å². The van der Waals surface area contributed by atoms with Gasteiger partial charge in [-0.05, 0) is 31.0 Å². The van der Waals surface area contributed by atoms with Crippen molar-refractivity contribution in [3.05, 3.63) is 71.8 Å². The van der Waals surface area contributed by atoms with Crippen LogP contribution in [0.3, 0.4) is 0 Å². The molecule has 1 unspecified atom stereocenters. The molecule has 1 N–H and O–H groups in total. The predicted molar refractivity (Wildman–Crippen MR) is 99.4 cm³/mol. The number of hydrogen-bond donors (Lipinski definition) is 1. The second-order valence-corrected chi connectivity index (χ2v) is 6.71. The summed E-state index contributed by atoms with van der Waals surface area (Å²) >= 11 is 1.37. The Bertz CT molecular complexity index is 650. The first-order valence-corrected chi connectivity index (χ1v) is 8.78. The van der Waals surface area contributed by atoms with Gasteiger partial charge in [-0.25, -0.2) is 0 Å². The van der Waals surface area contributed by atoms with Crippen molar-refractivity contribution in [2.45, 2.75) is 23.5 Å². The lowest BCUT2D eigenvalue weighted by molar-refractivity contribution is -0.136. The predicted octanol–water partition coefficient (Wildman–Crippen LogP) is 4.66. The Hall–Kier alpha value is -2.04. The number of carboxylic acid groups (broad SMARTS) is 1. The van der Waals surface area contributed by atoms with E-state index < -0.39 is 11.2 Å². The van der Waals surface area contributed by atoms with E-state index in [-0.39, 0.29) is 0 Å². The molecular formula is C20H22O3S. The highest BCUT2D eigenvalue weighted by molar-refractivity contribution is 8.00. The number of rotatable bonds is 9. The zero-order valence-corrected chi connectivity index (χ0v) is 14.5. The molecule has 0 aliphatic carbocycles. The Labute approximate surface area is 147 Å². The molecule has 2 aromatic rings. The fourth-order valence-electron chi connectivity index (χ4n) is 2.10. The summed E-state index contributed by atoms with van der Waals surface area (Å²) in [4.78, 5) is 12.4. The van der Waals surface area contributed by atoms with Crippen LogP contribution < -0.4 is 0 Å². The maximum atomic E-state index is 11.4. The SMILES string of the molecule is Cc1ccc(SC(CCOCC=Cc2ccccc2)C(=O)O)cc1. The molecule has 2 rings (SSSR count). The van der Waals surface area contributed by atoms with Crippen molar-refractivity contribution in [3.8, 4) is 0 Å². The highest BCUT2D eigenvalue weighted by atomic mass is 32.2. The molecule has 0 aliphatic rings. The Kier molecular flexibility index (Phi) is 7.59. The van der Waals surface area contributed by atoms with Crippen LogP contribution in [0.2, 0.25) is 0 Å². The van der Waals surface area contributed by atoms with Crippen LogP contribution in [-0.2, 0) is 9.53 Å². The molecule has 0 fully saturated rings. The molecule has 24 heavy (non-hydrogen) atoms. The Morgan fingerprint density at radius 3 is 2.54 bits per heavy atom. The monoisotopic (exact) mass is 342 g/mol. The summed E-state index contributed by atoms with van der Waals surface area (Å²) in [5.74, 6) is -0.802. The summed E-state index contributed by atoms with van der Waals surface area (Å²) in [5, 5.41) is 8.86. The van der Waals surface area contributed by atoms with Gasteiger partial charge in [0, 0.05) is 11.5 Å². The molecule has 2 aromatic carbocycles. The zero-order chi connectivity index (χ0) is 17.2. The van der Waals surface area contributed by atoms with E-state index in [4.69, 9.17) is 4.74 Å². The first kappa shape index (κ1) is 18.3. The van der Waals surface area contributed by atoms with E-state index in [2.05, 4.69) is 0 Å². The van der Waals surface area contributed by atoms with E-state index in [1.54, 1.807) is 0 Å². The van der Waals surface area contributed by atoms with Gasteiger partial charge in [0.1, 0.15) is 5.25 Å². The molecule has 0 heterocycles. The number of benzene rings is 2. The average molecular weight is 342 g/mol. The molecule has 0 saturated heterocycles. The van der Waals surface area contributed by atoms with E-state index in [0.29, 0.717) is 19.6 Å². The van der Waals surface area contributed by atoms with Gasteiger partial charge in [-0.15, -0.1) is 11.8 Å². The summed E-state index contributed by atoms with van der Waals surface area (Å²) in [6.45, 7) is 2.92. The van der Waals surface area contributed by atoms with Crippen molar-refractivity contribution in [1.82, 2.24) is 0 Å². The fraction of sp³-hybridized carbons (Fsp3) is 0.250. The summed E-state index contributed by atoms with van der Waals surface area (Å²) < 4.78 is 5.53. The van der Waals surface area contributed by atoms with E-state index in [1.165, 1.54) is 17.3 Å². The van der Waals surface area contributed by atoms with Gasteiger partial charge < -0.3 is 9.84 Å². The van der Waals surface area contributed by atoms with Gasteiger partial charge in [0.25, 0.3) is 0 Å². The molecule has 4 heteroatoms. The molecule has 1 atom stereocenters. The first-order chi connectivity index (χ1) is 11.6. The normalized spacial score (nSPS) is 12.4. The molecule has 126 valence electrons. The lowest BCUT2D eigenvalue weighted by Crippen LogP contribution is -2.18. The maximum Gasteiger partial charge on any atom is 0.317 e. The molecule has 0 aliphatic heterocycles. The average Bonchev–Trinajstić information content (AvgIpc) is 2.59. The standard InChI is InChI=1S/C20H22O3S/c1-16-9-11-18(12-10-16)24-19(20(21)22)13-15-23-14-5-8-17-6-3-2-4-7-17/h2-12,19H,13-15H2,1H3,(H,21,22). The number of ether oxygens (including phenoxy) is 1. The van der Waals surface area contributed by atoms with Gasteiger partial charge in [-0.1, -0.05) is 60.2 Å². The van der Waals surface area contributed by atoms with Crippen molar-refractivity contribution >= 4 is 23.8 Å². The van der Waals surface area contributed by atoms with Crippen molar-refractivity contribution < 1.29 is 14.6 Å². The van der Waals surface area contributed by atoms with Crippen molar-refractivity contribution in [3.63, 3.8) is 0 Å². The summed E-state index contributed by atoms with van der Waals surface area (Å²) in [7, 11) is 0. The summed E-state index contributed by atoms with van der Waals surface area (Å²) in [5.41, 5.74) is 2.29. The summed E-state index contributed by atoms with van der Waals surface area (Å²) in [6.07, 6.45) is 4.42. The third-order valence-electron chi connectivity index (χ3n) is 3.42. The second-order valence-electron chi connectivity index (χ2n) is 5.43. The van der Waals surface area contributed by atoms with E-state index >= 15 is 0 Å². The number of aryl methyl sites for hydroxylation is 1. The van der Waals surface area contributed by atoms with Crippen molar-refractivity contribution in [1.29, 1.82) is 0 Å². The van der Waals surface area contributed by atoms with Gasteiger partial charge >= 0.3 is 5.97 Å². The number of carboxylic acids is 1. The molecule has 0 bridgehead atoms. The molecule has 0 saturated carbocycles. The third kappa shape index (κ3) is 6.60. The minimum absolute atomic E-state index is 0.426. The number of thioether (sulfide) groups is 1. The largest absolute Gasteiger partial charge is 0.480 e. The van der Waals surface area contributed by atoms with Crippen molar-refractivity contribution in [2.75, 3.05) is 13.2 Å². The lowest BCUT2D eigenvalue weighted by atomic mass is 10.2. The van der Waals surface area contributed by atoms with Crippen LogP contribution in [0.15, 0.2) is 65.6 Å². The molecule has 3 nitrogen and oxygen atoms in total. The van der Waals surface area contributed by atoms with E-state index in [9.17, 15) is 9.90 Å². The molecule has 0 amide bonds. The maximum absolute atomic E-state index is 11.4. The van der Waals surface area contributed by atoms with Crippen LogP contribution in [0.5, 0.6) is 0 Å². The summed E-state index contributed by atoms with van der Waals surface area (Å²) in [6, 6.07) is 17.9. The highest BCUT2D eigenvalue weighted by Gasteiger charge is 2.18. The van der Waals surface area contributed by atoms with Crippen LogP contribution in [0.1, 0.15) is 17.5 Å². The highest BCUT2D eigenvalue weighted by Crippen LogP contribution is 2.26. The number of carbonyl (C=O) groups is 1. The smallest absolute Gasteiger partial charge is 0.317 e. The quantitative estimate of drug-likeness (QED) is 0.532. The van der Waals surface area contributed by atoms with Gasteiger partial charge in [-0.2, -0.15) is 0 Å². The van der Waals surface area contributed by atoms with Crippen LogP contribution in [0, 0.1) is 6.92 Å².